The topological polar surface area (TPSA) is 203 Å². The zero-order valence-electron chi connectivity index (χ0n) is 33.6. The maximum atomic E-state index is 15.1. The lowest BCUT2D eigenvalue weighted by Crippen LogP contribution is -2.68. The van der Waals surface area contributed by atoms with E-state index in [4.69, 9.17) is 18.9 Å². The number of aromatic nitrogens is 1. The monoisotopic (exact) mass is 853 g/mol. The number of rotatable bonds is 10. The summed E-state index contributed by atoms with van der Waals surface area (Å²) >= 11 is 0. The summed E-state index contributed by atoms with van der Waals surface area (Å²) in [5.41, 5.74) is -4.87. The number of carbonyl (C=O) groups is 4. The predicted molar refractivity (Wildman–Crippen MR) is 205 cm³/mol. The lowest BCUT2D eigenvalue weighted by molar-refractivity contribution is -0.226. The van der Waals surface area contributed by atoms with Gasteiger partial charge in [0, 0.05) is 23.8 Å². The number of halogens is 3. The highest BCUT2D eigenvalue weighted by atomic mass is 32.2. The molecule has 0 unspecified atom stereocenters. The Kier molecular flexibility index (Phi) is 12.1. The molecule has 0 bridgehead atoms. The fourth-order valence-corrected chi connectivity index (χ4v) is 9.17. The van der Waals surface area contributed by atoms with Crippen LogP contribution in [0.25, 0.3) is 10.8 Å². The van der Waals surface area contributed by atoms with Gasteiger partial charge in [0.25, 0.3) is 5.91 Å². The number of carbonyl (C=O) groups excluding carboxylic acids is 3. The van der Waals surface area contributed by atoms with Gasteiger partial charge in [-0.3, -0.25) is 24.0 Å². The molecule has 0 spiro atoms. The molecule has 4 aliphatic rings. The number of nitrogens with one attached hydrogen (secondary N) is 2. The summed E-state index contributed by atoms with van der Waals surface area (Å²) in [6, 6.07) is 3.00. The van der Waals surface area contributed by atoms with Crippen molar-refractivity contribution < 1.29 is 64.8 Å². The summed E-state index contributed by atoms with van der Waals surface area (Å²) in [4.78, 5) is 61.9. The van der Waals surface area contributed by atoms with E-state index in [1.807, 2.05) is 0 Å². The zero-order valence-corrected chi connectivity index (χ0v) is 34.4. The molecule has 59 heavy (non-hydrogen) atoms. The molecular formula is C39H50F3N5O11S. The van der Waals surface area contributed by atoms with E-state index in [0.717, 1.165) is 4.90 Å². The van der Waals surface area contributed by atoms with Crippen LogP contribution in [-0.4, -0.2) is 126 Å². The summed E-state index contributed by atoms with van der Waals surface area (Å²) in [6.45, 7) is 4.04. The van der Waals surface area contributed by atoms with Gasteiger partial charge in [0.05, 0.1) is 38.2 Å². The van der Waals surface area contributed by atoms with E-state index in [1.54, 1.807) is 50.3 Å². The van der Waals surface area contributed by atoms with E-state index >= 15 is 4.79 Å². The maximum Gasteiger partial charge on any atom is 0.411 e. The van der Waals surface area contributed by atoms with Crippen molar-refractivity contribution in [3.8, 4) is 17.5 Å². The predicted octanol–water partition coefficient (Wildman–Crippen LogP) is 4.31. The second kappa shape index (κ2) is 16.3. The number of benzene rings is 1. The number of methoxy groups -OCH3 is 2. The molecule has 2 aromatic rings. The van der Waals surface area contributed by atoms with Gasteiger partial charge in [-0.2, -0.15) is 18.2 Å². The average Bonchev–Trinajstić information content (AvgIpc) is 4.10. The molecule has 6 rings (SSSR count). The van der Waals surface area contributed by atoms with Crippen molar-refractivity contribution in [1.29, 1.82) is 0 Å². The van der Waals surface area contributed by atoms with Crippen molar-refractivity contribution in [2.75, 3.05) is 20.8 Å². The molecule has 1 saturated heterocycles. The Balaban J connectivity index is 1.45. The molecule has 2 aliphatic heterocycles. The van der Waals surface area contributed by atoms with Crippen LogP contribution in [0.15, 0.2) is 36.4 Å². The van der Waals surface area contributed by atoms with Crippen LogP contribution in [0.1, 0.15) is 72.6 Å². The molecule has 4 amide bonds. The maximum absolute atomic E-state index is 15.1. The van der Waals surface area contributed by atoms with Gasteiger partial charge in [-0.15, -0.1) is 0 Å². The Hall–Kier alpha value is -4.85. The smallest absolute Gasteiger partial charge is 0.411 e. The Labute approximate surface area is 339 Å². The van der Waals surface area contributed by atoms with Crippen LogP contribution in [0.2, 0.25) is 0 Å². The van der Waals surface area contributed by atoms with Crippen molar-refractivity contribution in [2.45, 2.75) is 126 Å². The second-order valence-electron chi connectivity index (χ2n) is 16.0. The van der Waals surface area contributed by atoms with E-state index < -0.39 is 99.2 Å². The highest BCUT2D eigenvalue weighted by Crippen LogP contribution is 2.46. The number of allylic oxidation sites excluding steroid dienone is 1. The van der Waals surface area contributed by atoms with Crippen LogP contribution in [0, 0.1) is 5.92 Å². The molecule has 324 valence electrons. The standard InChI is InChI=1S/C39H50F3N5O11S/c1-7-29-31(47(36(51)52)37(3,4)39(40,41)42)34(49)46-20-25(58-33-27-15-12-24(55-5)16-22(27)17-30(43-33)56-6)18-28(46)32(48)44-38(35(50)45-59(53,54)26-13-14-26)19-23(38)11-9-8-10-21(2)57-29/h9,11-12,15-17,21,23,25-26,28-29,31H,7-8,10,13-14,18-20H2,1-6H3,(H,44,48)(H,45,50)(H,51,52)/b11-9-/t21-,23-,25-,28+,29+,31+,38-/m1/s1. The van der Waals surface area contributed by atoms with Crippen molar-refractivity contribution in [3.63, 3.8) is 0 Å². The quantitative estimate of drug-likeness (QED) is 0.287. The molecule has 1 aromatic heterocycles. The lowest BCUT2D eigenvalue weighted by Gasteiger charge is -2.45. The highest BCUT2D eigenvalue weighted by molar-refractivity contribution is 7.91. The third kappa shape index (κ3) is 8.74. The number of pyridine rings is 1. The fourth-order valence-electron chi connectivity index (χ4n) is 7.80. The number of alkyl halides is 3. The van der Waals surface area contributed by atoms with Crippen LogP contribution < -0.4 is 24.2 Å². The summed E-state index contributed by atoms with van der Waals surface area (Å²) < 4.78 is 95.5. The molecule has 3 fully saturated rings. The first-order valence-corrected chi connectivity index (χ1v) is 21.0. The van der Waals surface area contributed by atoms with Crippen LogP contribution in [0.4, 0.5) is 18.0 Å². The van der Waals surface area contributed by atoms with Gasteiger partial charge >= 0.3 is 12.3 Å². The largest absolute Gasteiger partial charge is 0.497 e. The number of amides is 4. The lowest BCUT2D eigenvalue weighted by atomic mass is 9.95. The number of hydrogen-bond acceptors (Lipinski definition) is 11. The van der Waals surface area contributed by atoms with E-state index in [2.05, 4.69) is 15.0 Å². The molecule has 2 saturated carbocycles. The number of hydrogen-bond donors (Lipinski definition) is 3. The number of nitrogens with zero attached hydrogens (tertiary/aromatic N) is 3. The van der Waals surface area contributed by atoms with Gasteiger partial charge in [0.2, 0.25) is 33.6 Å². The van der Waals surface area contributed by atoms with E-state index in [9.17, 15) is 41.1 Å². The number of carboxylic acid groups (broad SMARTS) is 1. The van der Waals surface area contributed by atoms with Crippen molar-refractivity contribution in [2.24, 2.45) is 5.92 Å². The molecule has 0 radical (unpaired) electrons. The Morgan fingerprint density at radius 3 is 2.46 bits per heavy atom. The number of fused-ring (bicyclic) bond motifs is 3. The van der Waals surface area contributed by atoms with Gasteiger partial charge in [-0.05, 0) is 82.9 Å². The SMILES string of the molecule is CC[C@@H]1O[C@H](C)CC/C=C\[C@@H]2C[C@@]2(C(=O)NS(=O)(=O)C2CC2)NC(=O)[C@@H]2C[C@@H](Oc3nc(OC)cc4cc(OC)ccc34)CN2C(=O)[C@H]1N(C(=O)O)C(C)(C)C(F)(F)F. The molecule has 7 atom stereocenters. The molecule has 3 heterocycles. The summed E-state index contributed by atoms with van der Waals surface area (Å²) in [7, 11) is -1.17. The average molecular weight is 854 g/mol. The number of sulfonamides is 1. The van der Waals surface area contributed by atoms with Gasteiger partial charge < -0.3 is 34.3 Å². The molecule has 1 aromatic carbocycles. The molecule has 16 nitrogen and oxygen atoms in total. The summed E-state index contributed by atoms with van der Waals surface area (Å²) in [5, 5.41) is 13.5. The minimum Gasteiger partial charge on any atom is -0.497 e. The minimum absolute atomic E-state index is 0.0180. The Morgan fingerprint density at radius 1 is 1.14 bits per heavy atom. The molecular weight excluding hydrogens is 804 g/mol. The van der Waals surface area contributed by atoms with Crippen molar-refractivity contribution in [3.05, 3.63) is 36.4 Å². The number of ether oxygens (including phenoxy) is 4. The van der Waals surface area contributed by atoms with Crippen LogP contribution in [0.3, 0.4) is 0 Å². The highest BCUT2D eigenvalue weighted by Gasteiger charge is 2.63. The van der Waals surface area contributed by atoms with Crippen LogP contribution >= 0.6 is 0 Å². The van der Waals surface area contributed by atoms with Crippen LogP contribution in [-0.2, 0) is 29.1 Å². The van der Waals surface area contributed by atoms with E-state index in [1.165, 1.54) is 14.2 Å². The minimum atomic E-state index is -5.16. The fraction of sp³-hybridized carbons (Fsp3) is 0.615. The molecule has 2 aliphatic carbocycles. The normalized spacial score (nSPS) is 28.6. The van der Waals surface area contributed by atoms with Crippen molar-refractivity contribution >= 4 is 44.6 Å². The van der Waals surface area contributed by atoms with Gasteiger partial charge in [0.15, 0.2) is 0 Å². The van der Waals surface area contributed by atoms with E-state index in [-0.39, 0.29) is 42.3 Å². The van der Waals surface area contributed by atoms with Crippen LogP contribution in [0.5, 0.6) is 17.5 Å². The Bertz CT molecular complexity index is 2110. The van der Waals surface area contributed by atoms with Gasteiger partial charge in [-0.25, -0.2) is 13.2 Å². The zero-order chi connectivity index (χ0) is 43.2. The molecule has 3 N–H and O–H groups in total. The third-order valence-electron chi connectivity index (χ3n) is 11.6. The van der Waals surface area contributed by atoms with Gasteiger partial charge in [0.1, 0.15) is 35.0 Å². The summed E-state index contributed by atoms with van der Waals surface area (Å²) in [6.07, 6.45) is -5.97. The van der Waals surface area contributed by atoms with Gasteiger partial charge in [-0.1, -0.05) is 19.1 Å². The molecule has 20 heteroatoms. The Morgan fingerprint density at radius 2 is 1.85 bits per heavy atom. The second-order valence-corrected chi connectivity index (χ2v) is 18.0. The third-order valence-corrected chi connectivity index (χ3v) is 13.4. The van der Waals surface area contributed by atoms with Crippen molar-refractivity contribution in [1.82, 2.24) is 24.8 Å². The first-order valence-electron chi connectivity index (χ1n) is 19.5. The first-order chi connectivity index (χ1) is 27.7. The first kappa shape index (κ1) is 43.7. The summed E-state index contributed by atoms with van der Waals surface area (Å²) in [5.74, 6) is -3.02. The van der Waals surface area contributed by atoms with E-state index in [0.29, 0.717) is 49.6 Å².